The summed E-state index contributed by atoms with van der Waals surface area (Å²) in [4.78, 5) is 12.2. The summed E-state index contributed by atoms with van der Waals surface area (Å²) in [5, 5.41) is -0.449. The molecular weight excluding hydrogens is 231 g/mol. The minimum atomic E-state index is -0.449. The summed E-state index contributed by atoms with van der Waals surface area (Å²) in [6.07, 6.45) is 6.76. The van der Waals surface area contributed by atoms with Crippen LogP contribution in [0.25, 0.3) is 0 Å². The van der Waals surface area contributed by atoms with Gasteiger partial charge in [-0.15, -0.1) is 9.24 Å². The highest BCUT2D eigenvalue weighted by atomic mass is 31.0. The van der Waals surface area contributed by atoms with Crippen LogP contribution in [0.4, 0.5) is 0 Å². The molecule has 0 saturated heterocycles. The first-order chi connectivity index (χ1) is 7.71. The van der Waals surface area contributed by atoms with E-state index in [9.17, 15) is 4.79 Å². The molecule has 2 atom stereocenters. The third-order valence-electron chi connectivity index (χ3n) is 3.19. The smallest absolute Gasteiger partial charge is 0.315 e. The Labute approximate surface area is 108 Å². The predicted octanol–water partition coefficient (Wildman–Crippen LogP) is 3.93. The number of hydrogen-bond donors (Lipinski definition) is 0. The van der Waals surface area contributed by atoms with Crippen LogP contribution < -0.4 is 0 Å². The Kier molecular flexibility index (Phi) is 5.01. The molecule has 0 aliphatic heterocycles. The van der Waals surface area contributed by atoms with E-state index in [0.29, 0.717) is 0 Å². The van der Waals surface area contributed by atoms with Crippen molar-refractivity contribution in [1.29, 1.82) is 0 Å². The van der Waals surface area contributed by atoms with Crippen molar-refractivity contribution in [1.82, 2.24) is 0 Å². The Balaban J connectivity index is 2.49. The van der Waals surface area contributed by atoms with Gasteiger partial charge in [0, 0.05) is 0 Å². The van der Waals surface area contributed by atoms with Crippen molar-refractivity contribution in [3.05, 3.63) is 0 Å². The van der Waals surface area contributed by atoms with E-state index in [1.807, 2.05) is 6.92 Å². The quantitative estimate of drug-likeness (QED) is 0.566. The molecule has 0 spiro atoms. The molecule has 2 unspecified atom stereocenters. The lowest BCUT2D eigenvalue weighted by Gasteiger charge is -2.32. The lowest BCUT2D eigenvalue weighted by atomic mass is 9.85. The lowest BCUT2D eigenvalue weighted by Crippen LogP contribution is -2.37. The Morgan fingerprint density at radius 2 is 1.71 bits per heavy atom. The molecule has 17 heavy (non-hydrogen) atoms. The van der Waals surface area contributed by atoms with Crippen LogP contribution in [-0.4, -0.2) is 17.2 Å². The molecule has 0 aromatic heterocycles. The third kappa shape index (κ3) is 5.38. The maximum Gasteiger partial charge on any atom is 0.315 e. The number of esters is 1. The summed E-state index contributed by atoms with van der Waals surface area (Å²) in [7, 11) is 2.68. The van der Waals surface area contributed by atoms with E-state index in [-0.39, 0.29) is 17.5 Å². The molecule has 0 aromatic carbocycles. The van der Waals surface area contributed by atoms with Crippen molar-refractivity contribution in [3.63, 3.8) is 0 Å². The van der Waals surface area contributed by atoms with Crippen LogP contribution in [0.15, 0.2) is 0 Å². The van der Waals surface area contributed by atoms with E-state index < -0.39 is 5.16 Å². The first kappa shape index (κ1) is 15.0. The fourth-order valence-electron chi connectivity index (χ4n) is 2.64. The fraction of sp³-hybridized carbons (Fsp3) is 0.929. The lowest BCUT2D eigenvalue weighted by molar-refractivity contribution is -0.154. The second-order valence-corrected chi connectivity index (χ2v) is 8.09. The summed E-state index contributed by atoms with van der Waals surface area (Å²) in [6.45, 7) is 8.43. The van der Waals surface area contributed by atoms with Gasteiger partial charge < -0.3 is 4.74 Å². The number of rotatable bonds is 3. The summed E-state index contributed by atoms with van der Waals surface area (Å²) >= 11 is 0. The van der Waals surface area contributed by atoms with Gasteiger partial charge in [0.25, 0.3) is 0 Å². The SMILES string of the molecule is CC(C)(C)CC(C)(P)C(=O)OC1CCCCC1. The highest BCUT2D eigenvalue weighted by molar-refractivity contribution is 7.20. The van der Waals surface area contributed by atoms with E-state index in [1.165, 1.54) is 19.3 Å². The van der Waals surface area contributed by atoms with Gasteiger partial charge in [-0.25, -0.2) is 0 Å². The van der Waals surface area contributed by atoms with Crippen LogP contribution in [0.3, 0.4) is 0 Å². The van der Waals surface area contributed by atoms with Crippen molar-refractivity contribution in [2.75, 3.05) is 0 Å². The number of carbonyl (C=O) groups is 1. The second-order valence-electron chi connectivity index (χ2n) is 6.82. The molecule has 1 aliphatic carbocycles. The first-order valence-corrected chi connectivity index (χ1v) is 7.28. The molecule has 1 aliphatic rings. The van der Waals surface area contributed by atoms with E-state index in [1.54, 1.807) is 0 Å². The van der Waals surface area contributed by atoms with Gasteiger partial charge in [-0.2, -0.15) is 0 Å². The van der Waals surface area contributed by atoms with Gasteiger partial charge in [0.1, 0.15) is 6.10 Å². The Morgan fingerprint density at radius 3 is 2.18 bits per heavy atom. The highest BCUT2D eigenvalue weighted by Crippen LogP contribution is 2.35. The maximum atomic E-state index is 12.2. The van der Waals surface area contributed by atoms with Crippen molar-refractivity contribution in [2.24, 2.45) is 5.41 Å². The largest absolute Gasteiger partial charge is 0.462 e. The third-order valence-corrected chi connectivity index (χ3v) is 3.63. The molecule has 0 amide bonds. The first-order valence-electron chi connectivity index (χ1n) is 6.71. The van der Waals surface area contributed by atoms with Gasteiger partial charge in [-0.3, -0.25) is 4.79 Å². The molecule has 2 nitrogen and oxygen atoms in total. The molecule has 1 rings (SSSR count). The van der Waals surface area contributed by atoms with E-state index >= 15 is 0 Å². The predicted molar refractivity (Wildman–Crippen MR) is 75.2 cm³/mol. The number of hydrogen-bond acceptors (Lipinski definition) is 2. The van der Waals surface area contributed by atoms with E-state index in [0.717, 1.165) is 19.3 Å². The molecule has 100 valence electrons. The van der Waals surface area contributed by atoms with Crippen molar-refractivity contribution in [2.45, 2.75) is 77.5 Å². The molecule has 1 fully saturated rings. The van der Waals surface area contributed by atoms with E-state index in [2.05, 4.69) is 30.0 Å². The average molecular weight is 258 g/mol. The Morgan fingerprint density at radius 1 is 1.18 bits per heavy atom. The Bertz CT molecular complexity index is 260. The zero-order valence-corrected chi connectivity index (χ0v) is 12.9. The molecule has 0 bridgehead atoms. The van der Waals surface area contributed by atoms with Crippen LogP contribution in [-0.2, 0) is 9.53 Å². The molecule has 1 saturated carbocycles. The minimum absolute atomic E-state index is 0.0516. The van der Waals surface area contributed by atoms with Crippen LogP contribution in [0, 0.1) is 5.41 Å². The molecule has 0 aromatic rings. The van der Waals surface area contributed by atoms with Crippen LogP contribution >= 0.6 is 9.24 Å². The zero-order valence-electron chi connectivity index (χ0n) is 11.7. The van der Waals surface area contributed by atoms with Gasteiger partial charge in [-0.05, 0) is 44.4 Å². The van der Waals surface area contributed by atoms with E-state index in [4.69, 9.17) is 4.74 Å². The number of carbonyl (C=O) groups excluding carboxylic acids is 1. The van der Waals surface area contributed by atoms with Gasteiger partial charge in [0.15, 0.2) is 0 Å². The molecule has 0 radical (unpaired) electrons. The summed E-state index contributed by atoms with van der Waals surface area (Å²) < 4.78 is 5.64. The normalized spacial score (nSPS) is 21.9. The standard InChI is InChI=1S/C14H27O2P/c1-13(2,3)10-14(4,17)12(15)16-11-8-6-5-7-9-11/h11H,5-10,17H2,1-4H3. The molecule has 0 heterocycles. The number of ether oxygens (including phenoxy) is 1. The summed E-state index contributed by atoms with van der Waals surface area (Å²) in [5.41, 5.74) is 0.141. The highest BCUT2D eigenvalue weighted by Gasteiger charge is 2.35. The zero-order chi connectivity index (χ0) is 13.1. The monoisotopic (exact) mass is 258 g/mol. The van der Waals surface area contributed by atoms with Gasteiger partial charge >= 0.3 is 5.97 Å². The van der Waals surface area contributed by atoms with Gasteiger partial charge in [-0.1, -0.05) is 27.2 Å². The van der Waals surface area contributed by atoms with Crippen molar-refractivity contribution >= 4 is 15.2 Å². The molecule has 3 heteroatoms. The van der Waals surface area contributed by atoms with Crippen LogP contribution in [0.1, 0.15) is 66.2 Å². The van der Waals surface area contributed by atoms with Gasteiger partial charge in [0.2, 0.25) is 0 Å². The fourth-order valence-corrected chi connectivity index (χ4v) is 3.32. The summed E-state index contributed by atoms with van der Waals surface area (Å²) in [6, 6.07) is 0. The molecule has 0 N–H and O–H groups in total. The van der Waals surface area contributed by atoms with Crippen molar-refractivity contribution < 1.29 is 9.53 Å². The van der Waals surface area contributed by atoms with Crippen molar-refractivity contribution in [3.8, 4) is 0 Å². The molecular formula is C14H27O2P. The Hall–Kier alpha value is -0.100. The second kappa shape index (κ2) is 5.69. The summed E-state index contributed by atoms with van der Waals surface area (Å²) in [5.74, 6) is -0.0516. The maximum absolute atomic E-state index is 12.2. The minimum Gasteiger partial charge on any atom is -0.462 e. The van der Waals surface area contributed by atoms with Crippen LogP contribution in [0.2, 0.25) is 0 Å². The average Bonchev–Trinajstić information content (AvgIpc) is 2.15. The van der Waals surface area contributed by atoms with Gasteiger partial charge in [0.05, 0.1) is 5.16 Å². The van der Waals surface area contributed by atoms with Crippen LogP contribution in [0.5, 0.6) is 0 Å². The topological polar surface area (TPSA) is 26.3 Å².